The summed E-state index contributed by atoms with van der Waals surface area (Å²) >= 11 is 7.76. The molecule has 0 saturated heterocycles. The summed E-state index contributed by atoms with van der Waals surface area (Å²) in [6, 6.07) is 0. The van der Waals surface area contributed by atoms with Crippen molar-refractivity contribution < 1.29 is 5.11 Å². The fraction of sp³-hybridized carbons (Fsp3) is 1.00. The van der Waals surface area contributed by atoms with Gasteiger partial charge < -0.3 is 5.11 Å². The SMILES string of the molecule is OCC(S)CS.[Sb]. The summed E-state index contributed by atoms with van der Waals surface area (Å²) in [4.78, 5) is 0. The minimum Gasteiger partial charge on any atom is -0.395 e. The van der Waals surface area contributed by atoms with Crippen molar-refractivity contribution in [3.8, 4) is 0 Å². The van der Waals surface area contributed by atoms with Gasteiger partial charge in [-0.2, -0.15) is 25.3 Å². The van der Waals surface area contributed by atoms with E-state index in [0.29, 0.717) is 5.75 Å². The van der Waals surface area contributed by atoms with E-state index in [1.165, 1.54) is 0 Å². The summed E-state index contributed by atoms with van der Waals surface area (Å²) in [5.41, 5.74) is 0. The first-order chi connectivity index (χ1) is 2.81. The summed E-state index contributed by atoms with van der Waals surface area (Å²) < 4.78 is 0. The van der Waals surface area contributed by atoms with Crippen molar-refractivity contribution in [1.29, 1.82) is 0 Å². The molecule has 1 nitrogen and oxygen atoms in total. The van der Waals surface area contributed by atoms with Gasteiger partial charge in [0.1, 0.15) is 0 Å². The van der Waals surface area contributed by atoms with Crippen molar-refractivity contribution in [3.05, 3.63) is 0 Å². The largest absolute Gasteiger partial charge is 0.395 e. The van der Waals surface area contributed by atoms with E-state index in [2.05, 4.69) is 25.3 Å². The topological polar surface area (TPSA) is 20.2 Å². The maximum Gasteiger partial charge on any atom is 0.0555 e. The number of rotatable bonds is 2. The first-order valence-electron chi connectivity index (χ1n) is 1.71. The van der Waals surface area contributed by atoms with Crippen LogP contribution in [0.4, 0.5) is 0 Å². The number of aliphatic hydroxyl groups excluding tert-OH is 1. The van der Waals surface area contributed by atoms with E-state index < -0.39 is 0 Å². The van der Waals surface area contributed by atoms with Crippen LogP contribution in [0, 0.1) is 0 Å². The Morgan fingerprint density at radius 2 is 2.00 bits per heavy atom. The average Bonchev–Trinajstić information content (AvgIpc) is 1.65. The van der Waals surface area contributed by atoms with Gasteiger partial charge in [-0.15, -0.1) is 0 Å². The molecular formula is C3H8OS2Sb. The number of hydrogen-bond donors (Lipinski definition) is 3. The predicted octanol–water partition coefficient (Wildman–Crippen LogP) is -0.174. The predicted molar refractivity (Wildman–Crippen MR) is 39.5 cm³/mol. The van der Waals surface area contributed by atoms with E-state index in [1.54, 1.807) is 0 Å². The summed E-state index contributed by atoms with van der Waals surface area (Å²) in [7, 11) is 0. The second-order valence-corrected chi connectivity index (χ2v) is 2.11. The van der Waals surface area contributed by atoms with Crippen molar-refractivity contribution in [3.63, 3.8) is 0 Å². The molecule has 0 aliphatic rings. The summed E-state index contributed by atoms with van der Waals surface area (Å²) in [5.74, 6) is 0.639. The molecule has 0 aliphatic carbocycles. The molecule has 0 heterocycles. The normalized spacial score (nSPS) is 12.4. The van der Waals surface area contributed by atoms with E-state index in [1.807, 2.05) is 0 Å². The molecule has 43 valence electrons. The van der Waals surface area contributed by atoms with Gasteiger partial charge in [-0.3, -0.25) is 0 Å². The zero-order valence-corrected chi connectivity index (χ0v) is 8.12. The van der Waals surface area contributed by atoms with Gasteiger partial charge in [-0.05, 0) is 0 Å². The fourth-order valence-electron chi connectivity index (χ4n) is 0.0577. The van der Waals surface area contributed by atoms with Gasteiger partial charge in [-0.25, -0.2) is 0 Å². The van der Waals surface area contributed by atoms with Crippen molar-refractivity contribution in [2.24, 2.45) is 0 Å². The van der Waals surface area contributed by atoms with Gasteiger partial charge in [0.05, 0.1) is 6.61 Å². The molecule has 0 bridgehead atoms. The van der Waals surface area contributed by atoms with Gasteiger partial charge in [0, 0.05) is 35.4 Å². The summed E-state index contributed by atoms with van der Waals surface area (Å²) in [5, 5.41) is 8.26. The van der Waals surface area contributed by atoms with Crippen molar-refractivity contribution in [1.82, 2.24) is 0 Å². The molecular weight excluding hydrogens is 238 g/mol. The third kappa shape index (κ3) is 7.48. The van der Waals surface area contributed by atoms with Crippen molar-refractivity contribution in [2.75, 3.05) is 12.4 Å². The molecule has 0 amide bonds. The van der Waals surface area contributed by atoms with Crippen LogP contribution in [0.3, 0.4) is 0 Å². The first-order valence-corrected chi connectivity index (χ1v) is 2.86. The molecule has 0 fully saturated rings. The smallest absolute Gasteiger partial charge is 0.0555 e. The summed E-state index contributed by atoms with van der Waals surface area (Å²) in [6.07, 6.45) is 0. The third-order valence-corrected chi connectivity index (χ3v) is 1.50. The van der Waals surface area contributed by atoms with Gasteiger partial charge >= 0.3 is 0 Å². The Morgan fingerprint density at radius 3 is 2.00 bits per heavy atom. The standard InChI is InChI=1S/C3H8OS2.Sb/c4-1-3(6)2-5;/h3-6H,1-2H2;. The molecule has 0 rings (SSSR count). The quantitative estimate of drug-likeness (QED) is 0.456. The number of aliphatic hydroxyl groups is 1. The molecule has 1 atom stereocenters. The van der Waals surface area contributed by atoms with Crippen LogP contribution in [-0.2, 0) is 0 Å². The van der Waals surface area contributed by atoms with Crippen LogP contribution in [0.5, 0.6) is 0 Å². The Kier molecular flexibility index (Phi) is 12.1. The van der Waals surface area contributed by atoms with E-state index in [0.717, 1.165) is 0 Å². The molecule has 1 N–H and O–H groups in total. The van der Waals surface area contributed by atoms with Crippen LogP contribution >= 0.6 is 25.3 Å². The number of hydrogen-bond acceptors (Lipinski definition) is 3. The second-order valence-electron chi connectivity index (χ2n) is 1.02. The van der Waals surface area contributed by atoms with Crippen LogP contribution in [0.2, 0.25) is 0 Å². The Labute approximate surface area is 72.1 Å². The first kappa shape index (κ1) is 11.3. The Hall–Kier alpha value is 1.48. The van der Waals surface area contributed by atoms with Crippen LogP contribution in [0.25, 0.3) is 0 Å². The Morgan fingerprint density at radius 1 is 1.57 bits per heavy atom. The maximum absolute atomic E-state index is 8.21. The molecule has 0 spiro atoms. The zero-order chi connectivity index (χ0) is 4.99. The van der Waals surface area contributed by atoms with Gasteiger partial charge in [0.2, 0.25) is 0 Å². The molecule has 0 aromatic rings. The fourth-order valence-corrected chi connectivity index (χ4v) is 0.173. The number of thiol groups is 2. The van der Waals surface area contributed by atoms with Gasteiger partial charge in [0.25, 0.3) is 0 Å². The van der Waals surface area contributed by atoms with Gasteiger partial charge in [-0.1, -0.05) is 0 Å². The Bertz CT molecular complexity index is 32.1. The van der Waals surface area contributed by atoms with Crippen LogP contribution < -0.4 is 0 Å². The third-order valence-electron chi connectivity index (χ3n) is 0.421. The van der Waals surface area contributed by atoms with Crippen LogP contribution in [0.1, 0.15) is 0 Å². The van der Waals surface area contributed by atoms with E-state index in [4.69, 9.17) is 5.11 Å². The van der Waals surface area contributed by atoms with E-state index in [9.17, 15) is 0 Å². The zero-order valence-electron chi connectivity index (χ0n) is 3.78. The minimum absolute atomic E-state index is 0. The van der Waals surface area contributed by atoms with Crippen molar-refractivity contribution >= 4 is 49.7 Å². The molecule has 1 unspecified atom stereocenters. The maximum atomic E-state index is 8.21. The molecule has 0 saturated carbocycles. The van der Waals surface area contributed by atoms with Crippen LogP contribution in [-0.4, -0.2) is 47.1 Å². The molecule has 3 radical (unpaired) electrons. The molecule has 0 aromatic heterocycles. The Balaban J connectivity index is 0. The van der Waals surface area contributed by atoms with Crippen molar-refractivity contribution in [2.45, 2.75) is 5.25 Å². The molecule has 4 heteroatoms. The molecule has 7 heavy (non-hydrogen) atoms. The second kappa shape index (κ2) is 7.48. The summed E-state index contributed by atoms with van der Waals surface area (Å²) in [6.45, 7) is 0.118. The van der Waals surface area contributed by atoms with E-state index >= 15 is 0 Å². The van der Waals surface area contributed by atoms with Crippen LogP contribution in [0.15, 0.2) is 0 Å². The molecule has 0 aromatic carbocycles. The van der Waals surface area contributed by atoms with Gasteiger partial charge in [0.15, 0.2) is 0 Å². The molecule has 0 aliphatic heterocycles. The minimum atomic E-state index is 0. The monoisotopic (exact) mass is 245 g/mol. The average molecular weight is 246 g/mol. The van der Waals surface area contributed by atoms with E-state index in [-0.39, 0.29) is 36.3 Å².